The zero-order valence-corrected chi connectivity index (χ0v) is 18.3. The Morgan fingerprint density at radius 2 is 1.58 bits per heavy atom. The van der Waals surface area contributed by atoms with Crippen LogP contribution in [-0.4, -0.2) is 27.5 Å². The quantitative estimate of drug-likeness (QED) is 0.403. The molecule has 0 aromatic heterocycles. The van der Waals surface area contributed by atoms with E-state index in [1.807, 2.05) is 60.7 Å². The molecule has 4 fully saturated rings. The number of nitrogens with zero attached hydrogens (tertiary/aromatic N) is 2. The summed E-state index contributed by atoms with van der Waals surface area (Å²) in [4.78, 5) is 26.5. The maximum Gasteiger partial charge on any atom is 0.309 e. The summed E-state index contributed by atoms with van der Waals surface area (Å²) in [7, 11) is 0. The fourth-order valence-electron chi connectivity index (χ4n) is 4.91. The van der Waals surface area contributed by atoms with Gasteiger partial charge in [-0.1, -0.05) is 84.6 Å². The molecular weight excluding hydrogens is 440 g/mol. The molecule has 7 nitrogen and oxygen atoms in total. The second kappa shape index (κ2) is 7.69. The standard InChI is InChI=1S/C25H20N2O5S/c28-24-21-22(18-12-7-13-19(14-18)27(29)30)32-25(33-23(21)17-10-5-2-6-11-17)26(24)15-20(31-25)16-8-3-1-4-9-16/h1-14,20-23H,15H2/t20-,21-,22-,23-,25+/m0/s1. The highest BCUT2D eigenvalue weighted by molar-refractivity contribution is 8.00. The fourth-order valence-corrected chi connectivity index (χ4v) is 6.55. The number of hydrogen-bond acceptors (Lipinski definition) is 6. The monoisotopic (exact) mass is 460 g/mol. The highest BCUT2D eigenvalue weighted by atomic mass is 32.2. The number of carbonyl (C=O) groups excluding carboxylic acids is 1. The van der Waals surface area contributed by atoms with Crippen molar-refractivity contribution in [2.45, 2.75) is 22.7 Å². The molecule has 4 aliphatic heterocycles. The second-order valence-electron chi connectivity index (χ2n) is 8.36. The van der Waals surface area contributed by atoms with Gasteiger partial charge < -0.3 is 9.47 Å². The summed E-state index contributed by atoms with van der Waals surface area (Å²) in [6.45, 7) is 0.398. The third-order valence-electron chi connectivity index (χ3n) is 6.43. The van der Waals surface area contributed by atoms with Gasteiger partial charge in [-0.25, -0.2) is 0 Å². The highest BCUT2D eigenvalue weighted by Crippen LogP contribution is 2.65. The van der Waals surface area contributed by atoms with Gasteiger partial charge in [-0.3, -0.25) is 19.8 Å². The van der Waals surface area contributed by atoms with Gasteiger partial charge in [0.15, 0.2) is 0 Å². The van der Waals surface area contributed by atoms with E-state index in [-0.39, 0.29) is 22.9 Å². The molecule has 3 aromatic carbocycles. The first-order valence-corrected chi connectivity index (χ1v) is 11.6. The smallest absolute Gasteiger partial charge is 0.309 e. The summed E-state index contributed by atoms with van der Waals surface area (Å²) in [5.74, 6) is -0.580. The van der Waals surface area contributed by atoms with Gasteiger partial charge in [0.05, 0.1) is 22.6 Å². The molecule has 0 aliphatic carbocycles. The van der Waals surface area contributed by atoms with Crippen molar-refractivity contribution in [3.05, 3.63) is 112 Å². The summed E-state index contributed by atoms with van der Waals surface area (Å²) in [6, 6.07) is 26.0. The van der Waals surface area contributed by atoms with E-state index < -0.39 is 22.2 Å². The van der Waals surface area contributed by atoms with Gasteiger partial charge in [-0.2, -0.15) is 0 Å². The lowest BCUT2D eigenvalue weighted by Gasteiger charge is -2.54. The molecule has 3 aromatic rings. The number of thioether (sulfide) groups is 1. The van der Waals surface area contributed by atoms with Crippen molar-refractivity contribution in [2.75, 3.05) is 6.54 Å². The lowest BCUT2D eigenvalue weighted by Crippen LogP contribution is -2.62. The van der Waals surface area contributed by atoms with Crippen molar-refractivity contribution in [3.63, 3.8) is 0 Å². The zero-order valence-electron chi connectivity index (χ0n) is 17.4. The molecule has 166 valence electrons. The van der Waals surface area contributed by atoms with Crippen molar-refractivity contribution < 1.29 is 19.2 Å². The molecule has 0 saturated carbocycles. The van der Waals surface area contributed by atoms with E-state index in [4.69, 9.17) is 9.47 Å². The Kier molecular flexibility index (Phi) is 4.76. The lowest BCUT2D eigenvalue weighted by molar-refractivity contribution is -0.385. The normalized spacial score (nSPS) is 30.3. The molecule has 4 saturated heterocycles. The number of amides is 1. The molecule has 4 aliphatic rings. The Morgan fingerprint density at radius 1 is 0.909 bits per heavy atom. The molecule has 33 heavy (non-hydrogen) atoms. The molecule has 0 N–H and O–H groups in total. The Balaban J connectivity index is 1.44. The molecule has 1 spiro atoms. The van der Waals surface area contributed by atoms with Crippen LogP contribution in [0.3, 0.4) is 0 Å². The summed E-state index contributed by atoms with van der Waals surface area (Å²) in [5.41, 5.74) is 2.56. The number of ether oxygens (including phenoxy) is 2. The first-order valence-electron chi connectivity index (χ1n) is 10.7. The third-order valence-corrected chi connectivity index (χ3v) is 7.96. The zero-order chi connectivity index (χ0) is 22.6. The van der Waals surface area contributed by atoms with E-state index in [0.717, 1.165) is 11.1 Å². The number of benzene rings is 3. The molecule has 4 heterocycles. The Labute approximate surface area is 194 Å². The topological polar surface area (TPSA) is 81.9 Å². The van der Waals surface area contributed by atoms with E-state index in [2.05, 4.69) is 0 Å². The Hall–Kier alpha value is -3.20. The average molecular weight is 461 g/mol. The Bertz CT molecular complexity index is 1220. The molecule has 7 rings (SSSR count). The number of nitro groups is 1. The van der Waals surface area contributed by atoms with Crippen LogP contribution in [0, 0.1) is 16.0 Å². The molecule has 0 radical (unpaired) electrons. The van der Waals surface area contributed by atoms with Crippen molar-refractivity contribution in [3.8, 4) is 0 Å². The lowest BCUT2D eigenvalue weighted by atomic mass is 9.86. The van der Waals surface area contributed by atoms with E-state index >= 15 is 0 Å². The molecule has 2 bridgehead atoms. The predicted molar refractivity (Wildman–Crippen MR) is 122 cm³/mol. The second-order valence-corrected chi connectivity index (χ2v) is 9.61. The molecule has 1 amide bonds. The number of fused-ring (bicyclic) bond motifs is 2. The van der Waals surface area contributed by atoms with Crippen LogP contribution in [0.1, 0.15) is 34.1 Å². The van der Waals surface area contributed by atoms with Crippen LogP contribution < -0.4 is 0 Å². The Morgan fingerprint density at radius 3 is 2.27 bits per heavy atom. The van der Waals surface area contributed by atoms with Crippen molar-refractivity contribution >= 4 is 23.4 Å². The average Bonchev–Trinajstić information content (AvgIpc) is 3.25. The molecule has 8 heteroatoms. The number of nitro benzene ring substituents is 1. The highest BCUT2D eigenvalue weighted by Gasteiger charge is 2.67. The van der Waals surface area contributed by atoms with Crippen molar-refractivity contribution in [1.82, 2.24) is 4.90 Å². The first kappa shape index (κ1) is 20.4. The van der Waals surface area contributed by atoms with Crippen LogP contribution in [0.5, 0.6) is 0 Å². The van der Waals surface area contributed by atoms with Gasteiger partial charge in [-0.15, -0.1) is 0 Å². The van der Waals surface area contributed by atoms with Crippen LogP contribution in [0.15, 0.2) is 84.9 Å². The minimum Gasteiger partial charge on any atom is -0.315 e. The first-order chi connectivity index (χ1) is 16.1. The van der Waals surface area contributed by atoms with E-state index in [1.54, 1.807) is 17.0 Å². The molecule has 5 atom stereocenters. The van der Waals surface area contributed by atoms with Crippen LogP contribution in [0.2, 0.25) is 0 Å². The molecule has 0 unspecified atom stereocenters. The van der Waals surface area contributed by atoms with Crippen molar-refractivity contribution in [2.24, 2.45) is 5.92 Å². The van der Waals surface area contributed by atoms with Gasteiger partial charge in [0.2, 0.25) is 5.91 Å². The maximum atomic E-state index is 13.8. The minimum atomic E-state index is -1.29. The van der Waals surface area contributed by atoms with Crippen LogP contribution in [0.25, 0.3) is 0 Å². The number of rotatable bonds is 4. The number of hydrogen-bond donors (Lipinski definition) is 0. The number of carbonyl (C=O) groups is 1. The molecular formula is C25H20N2O5S. The van der Waals surface area contributed by atoms with Gasteiger partial charge in [0.1, 0.15) is 12.2 Å². The summed E-state index contributed by atoms with van der Waals surface area (Å²) >= 11 is 1.49. The SMILES string of the molecule is O=C1[C@H]2[C@H](c3cccc([N+](=O)[O-])c3)O[C@@]3(O[C@H](c4ccccc4)CN13)S[C@H]2c1ccccc1. The van der Waals surface area contributed by atoms with E-state index in [1.165, 1.54) is 23.9 Å². The van der Waals surface area contributed by atoms with Gasteiger partial charge in [-0.05, 0) is 16.7 Å². The summed E-state index contributed by atoms with van der Waals surface area (Å²) in [5, 5.41) is 9.89. The van der Waals surface area contributed by atoms with Crippen LogP contribution in [-0.2, 0) is 14.3 Å². The third kappa shape index (κ3) is 3.25. The van der Waals surface area contributed by atoms with Gasteiger partial charge >= 0.3 is 5.24 Å². The summed E-state index contributed by atoms with van der Waals surface area (Å²) in [6.07, 6.45) is -0.976. The minimum absolute atomic E-state index is 0.0298. The van der Waals surface area contributed by atoms with Crippen molar-refractivity contribution in [1.29, 1.82) is 0 Å². The summed E-state index contributed by atoms with van der Waals surface area (Å²) < 4.78 is 13.0. The maximum absolute atomic E-state index is 13.8. The van der Waals surface area contributed by atoms with Gasteiger partial charge in [0, 0.05) is 12.1 Å². The fraction of sp³-hybridized carbons (Fsp3) is 0.240. The predicted octanol–water partition coefficient (Wildman–Crippen LogP) is 4.98. The largest absolute Gasteiger partial charge is 0.315 e. The van der Waals surface area contributed by atoms with Crippen LogP contribution in [0.4, 0.5) is 5.69 Å². The van der Waals surface area contributed by atoms with E-state index in [0.29, 0.717) is 12.1 Å². The van der Waals surface area contributed by atoms with Crippen LogP contribution >= 0.6 is 11.8 Å². The van der Waals surface area contributed by atoms with Gasteiger partial charge in [0.25, 0.3) is 5.69 Å². The number of non-ortho nitro benzene ring substituents is 1. The van der Waals surface area contributed by atoms with E-state index in [9.17, 15) is 14.9 Å².